The molecule has 23 heavy (non-hydrogen) atoms. The summed E-state index contributed by atoms with van der Waals surface area (Å²) in [5.41, 5.74) is 1.16. The molecule has 1 aromatic carbocycles. The maximum Gasteiger partial charge on any atom is 0.255 e. The van der Waals surface area contributed by atoms with E-state index in [-0.39, 0.29) is 11.8 Å². The molecule has 0 aliphatic carbocycles. The van der Waals surface area contributed by atoms with Gasteiger partial charge in [0.05, 0.1) is 5.56 Å². The van der Waals surface area contributed by atoms with Crippen LogP contribution in [0, 0.1) is 0 Å². The molecule has 2 amide bonds. The normalized spacial score (nSPS) is 17.3. The van der Waals surface area contributed by atoms with Crippen LogP contribution in [0.3, 0.4) is 0 Å². The topological polar surface area (TPSA) is 49.4 Å². The number of halogens is 2. The lowest BCUT2D eigenvalue weighted by atomic mass is 10.2. The van der Waals surface area contributed by atoms with E-state index in [2.05, 4.69) is 5.32 Å². The van der Waals surface area contributed by atoms with Crippen molar-refractivity contribution in [1.29, 1.82) is 0 Å². The van der Waals surface area contributed by atoms with E-state index in [9.17, 15) is 9.59 Å². The van der Waals surface area contributed by atoms with E-state index in [1.165, 1.54) is 11.3 Å². The van der Waals surface area contributed by atoms with Gasteiger partial charge in [0.2, 0.25) is 5.91 Å². The lowest BCUT2D eigenvalue weighted by Gasteiger charge is -2.23. The maximum atomic E-state index is 12.5. The molecule has 1 fully saturated rings. The van der Waals surface area contributed by atoms with E-state index in [1.807, 2.05) is 5.38 Å². The molecule has 7 heteroatoms. The van der Waals surface area contributed by atoms with Gasteiger partial charge in [-0.05, 0) is 42.5 Å². The Balaban J connectivity index is 1.74. The van der Waals surface area contributed by atoms with Crippen LogP contribution in [0.4, 0.5) is 5.69 Å². The van der Waals surface area contributed by atoms with Crippen molar-refractivity contribution in [3.8, 4) is 0 Å². The monoisotopic (exact) mass is 368 g/mol. The van der Waals surface area contributed by atoms with Crippen LogP contribution in [0.2, 0.25) is 10.0 Å². The standard InChI is InChI=1S/C16H14Cl2N2O2S/c17-11-6-12(18)8-13(7-11)19-15(21)14-2-1-4-20(14)16(22)10-3-5-23-9-10/h3,5-9,14H,1-2,4H2,(H,19,21). The zero-order valence-electron chi connectivity index (χ0n) is 12.1. The van der Waals surface area contributed by atoms with Gasteiger partial charge in [0.1, 0.15) is 6.04 Å². The number of rotatable bonds is 3. The lowest BCUT2D eigenvalue weighted by Crippen LogP contribution is -2.43. The first-order valence-corrected chi connectivity index (χ1v) is 8.84. The second-order valence-electron chi connectivity index (χ2n) is 5.32. The molecule has 120 valence electrons. The molecular weight excluding hydrogens is 355 g/mol. The quantitative estimate of drug-likeness (QED) is 0.877. The summed E-state index contributed by atoms with van der Waals surface area (Å²) in [6.45, 7) is 0.586. The van der Waals surface area contributed by atoms with Crippen LogP contribution in [0.15, 0.2) is 35.0 Å². The van der Waals surface area contributed by atoms with E-state index >= 15 is 0 Å². The summed E-state index contributed by atoms with van der Waals surface area (Å²) in [7, 11) is 0. The number of thiophene rings is 1. The number of carbonyl (C=O) groups is 2. The predicted octanol–water partition coefficient (Wildman–Crippen LogP) is 4.30. The van der Waals surface area contributed by atoms with Crippen LogP contribution < -0.4 is 5.32 Å². The first kappa shape index (κ1) is 16.3. The van der Waals surface area contributed by atoms with Gasteiger partial charge in [-0.25, -0.2) is 0 Å². The molecule has 1 N–H and O–H groups in total. The highest BCUT2D eigenvalue weighted by Gasteiger charge is 2.34. The van der Waals surface area contributed by atoms with E-state index in [4.69, 9.17) is 23.2 Å². The number of carbonyl (C=O) groups excluding carboxylic acids is 2. The molecule has 1 aliphatic rings. The van der Waals surface area contributed by atoms with Gasteiger partial charge in [-0.2, -0.15) is 11.3 Å². The number of hydrogen-bond donors (Lipinski definition) is 1. The molecular formula is C16H14Cl2N2O2S. The van der Waals surface area contributed by atoms with E-state index in [1.54, 1.807) is 34.5 Å². The highest BCUT2D eigenvalue weighted by atomic mass is 35.5. The van der Waals surface area contributed by atoms with Gasteiger partial charge in [-0.1, -0.05) is 23.2 Å². The number of likely N-dealkylation sites (tertiary alicyclic amines) is 1. The molecule has 2 heterocycles. The third-order valence-electron chi connectivity index (χ3n) is 3.71. The summed E-state index contributed by atoms with van der Waals surface area (Å²) in [6, 6.07) is 6.16. The van der Waals surface area contributed by atoms with Gasteiger partial charge in [0.25, 0.3) is 5.91 Å². The highest BCUT2D eigenvalue weighted by molar-refractivity contribution is 7.08. The van der Waals surface area contributed by atoms with Crippen molar-refractivity contribution in [2.45, 2.75) is 18.9 Å². The van der Waals surface area contributed by atoms with Crippen molar-refractivity contribution in [3.63, 3.8) is 0 Å². The Morgan fingerprint density at radius 1 is 1.22 bits per heavy atom. The first-order valence-electron chi connectivity index (χ1n) is 7.15. The fraction of sp³-hybridized carbons (Fsp3) is 0.250. The van der Waals surface area contributed by atoms with Crippen molar-refractivity contribution in [3.05, 3.63) is 50.6 Å². The fourth-order valence-electron chi connectivity index (χ4n) is 2.69. The first-order chi connectivity index (χ1) is 11.0. The van der Waals surface area contributed by atoms with E-state index < -0.39 is 6.04 Å². The molecule has 1 atom stereocenters. The highest BCUT2D eigenvalue weighted by Crippen LogP contribution is 2.25. The maximum absolute atomic E-state index is 12.5. The summed E-state index contributed by atoms with van der Waals surface area (Å²) in [5, 5.41) is 7.35. The Kier molecular flexibility index (Phi) is 4.90. The fourth-order valence-corrected chi connectivity index (χ4v) is 3.84. The lowest BCUT2D eigenvalue weighted by molar-refractivity contribution is -0.119. The summed E-state index contributed by atoms with van der Waals surface area (Å²) < 4.78 is 0. The largest absolute Gasteiger partial charge is 0.327 e. The zero-order valence-corrected chi connectivity index (χ0v) is 14.4. The van der Waals surface area contributed by atoms with Gasteiger partial charge < -0.3 is 10.2 Å². The number of nitrogens with zero attached hydrogens (tertiary/aromatic N) is 1. The number of amides is 2. The Labute approximate surface area is 148 Å². The number of hydrogen-bond acceptors (Lipinski definition) is 3. The molecule has 4 nitrogen and oxygen atoms in total. The molecule has 2 aromatic rings. The minimum Gasteiger partial charge on any atom is -0.327 e. The molecule has 0 spiro atoms. The Morgan fingerprint density at radius 2 is 1.96 bits per heavy atom. The third kappa shape index (κ3) is 3.68. The minimum atomic E-state index is -0.472. The second-order valence-corrected chi connectivity index (χ2v) is 6.97. The average molecular weight is 369 g/mol. The van der Waals surface area contributed by atoms with Gasteiger partial charge in [-0.15, -0.1) is 0 Å². The Morgan fingerprint density at radius 3 is 2.61 bits per heavy atom. The third-order valence-corrected chi connectivity index (χ3v) is 4.83. The van der Waals surface area contributed by atoms with Gasteiger partial charge in [0.15, 0.2) is 0 Å². The molecule has 1 saturated heterocycles. The number of anilines is 1. The van der Waals surface area contributed by atoms with Crippen molar-refractivity contribution in [1.82, 2.24) is 4.90 Å². The SMILES string of the molecule is O=C(Nc1cc(Cl)cc(Cl)c1)C1CCCN1C(=O)c1ccsc1. The summed E-state index contributed by atoms with van der Waals surface area (Å²) in [5.74, 6) is -0.322. The molecule has 3 rings (SSSR count). The van der Waals surface area contributed by atoms with Crippen molar-refractivity contribution in [2.24, 2.45) is 0 Å². The molecule has 1 aliphatic heterocycles. The predicted molar refractivity (Wildman–Crippen MR) is 93.5 cm³/mol. The van der Waals surface area contributed by atoms with Gasteiger partial charge in [0, 0.05) is 27.7 Å². The molecule has 0 saturated carbocycles. The van der Waals surface area contributed by atoms with E-state index in [0.29, 0.717) is 34.3 Å². The summed E-state index contributed by atoms with van der Waals surface area (Å²) in [6.07, 6.45) is 1.46. The van der Waals surface area contributed by atoms with Crippen molar-refractivity contribution in [2.75, 3.05) is 11.9 Å². The zero-order chi connectivity index (χ0) is 16.4. The Hall–Kier alpha value is -1.56. The average Bonchev–Trinajstić information content (AvgIpc) is 3.17. The van der Waals surface area contributed by atoms with Crippen molar-refractivity contribution < 1.29 is 9.59 Å². The number of nitrogens with one attached hydrogen (secondary N) is 1. The van der Waals surface area contributed by atoms with E-state index in [0.717, 1.165) is 6.42 Å². The van der Waals surface area contributed by atoms with Crippen LogP contribution in [0.1, 0.15) is 23.2 Å². The Bertz CT molecular complexity index is 713. The molecule has 1 unspecified atom stereocenters. The smallest absolute Gasteiger partial charge is 0.255 e. The minimum absolute atomic E-state index is 0.104. The van der Waals surface area contributed by atoms with Crippen LogP contribution in [-0.2, 0) is 4.79 Å². The molecule has 1 aromatic heterocycles. The summed E-state index contributed by atoms with van der Waals surface area (Å²) >= 11 is 13.3. The summed E-state index contributed by atoms with van der Waals surface area (Å²) in [4.78, 5) is 26.7. The van der Waals surface area contributed by atoms with Crippen LogP contribution in [-0.4, -0.2) is 29.3 Å². The second kappa shape index (κ2) is 6.91. The molecule has 0 bridgehead atoms. The van der Waals surface area contributed by atoms with Crippen LogP contribution >= 0.6 is 34.5 Å². The van der Waals surface area contributed by atoms with Gasteiger partial charge >= 0.3 is 0 Å². The molecule has 0 radical (unpaired) electrons. The van der Waals surface area contributed by atoms with Crippen molar-refractivity contribution >= 4 is 52.0 Å². The van der Waals surface area contributed by atoms with Gasteiger partial charge in [-0.3, -0.25) is 9.59 Å². The van der Waals surface area contributed by atoms with Crippen LogP contribution in [0.5, 0.6) is 0 Å². The van der Waals surface area contributed by atoms with Crippen LogP contribution in [0.25, 0.3) is 0 Å². The number of benzene rings is 1.